The Morgan fingerprint density at radius 1 is 1.46 bits per heavy atom. The molecule has 0 radical (unpaired) electrons. The highest BCUT2D eigenvalue weighted by Crippen LogP contribution is 2.11. The average molecular weight is 193 g/mol. The largest absolute Gasteiger partial charge is 0.349 e. The Labute approximate surface area is 79.4 Å². The van der Waals surface area contributed by atoms with Gasteiger partial charge in [0.2, 0.25) is 0 Å². The Balaban J connectivity index is 2.53. The third kappa shape index (κ3) is 1.48. The molecule has 5 nitrogen and oxygen atoms in total. The number of aryl methyl sites for hydroxylation is 1. The Hall–Kier alpha value is -1.56. The van der Waals surface area contributed by atoms with Crippen LogP contribution in [0.3, 0.4) is 0 Å². The first-order valence-electron chi connectivity index (χ1n) is 3.67. The smallest absolute Gasteiger partial charge is 0.121 e. The van der Waals surface area contributed by atoms with E-state index in [1.807, 2.05) is 7.05 Å². The Morgan fingerprint density at radius 2 is 2.31 bits per heavy atom. The summed E-state index contributed by atoms with van der Waals surface area (Å²) in [5, 5.41) is 7.56. The summed E-state index contributed by atoms with van der Waals surface area (Å²) in [4.78, 5) is 7.04. The molecule has 0 aliphatic rings. The van der Waals surface area contributed by atoms with Crippen molar-refractivity contribution in [3.8, 4) is 11.4 Å². The minimum atomic E-state index is 0.610. The molecule has 0 aliphatic heterocycles. The third-order valence-corrected chi connectivity index (χ3v) is 1.87. The summed E-state index contributed by atoms with van der Waals surface area (Å²) in [6, 6.07) is 0. The standard InChI is InChI=1S/C7H7N5S/c1-12-6(3-10-11-12)5-2-9-7(13)4-8-5/h2-4H,1H3,(H,9,13). The molecular formula is C7H7N5S. The number of hydrogen-bond donors (Lipinski definition) is 1. The van der Waals surface area contributed by atoms with Gasteiger partial charge >= 0.3 is 0 Å². The van der Waals surface area contributed by atoms with Crippen LogP contribution in [0.25, 0.3) is 11.4 Å². The van der Waals surface area contributed by atoms with E-state index in [1.54, 1.807) is 23.3 Å². The maximum atomic E-state index is 4.88. The van der Waals surface area contributed by atoms with Crippen LogP contribution in [0.2, 0.25) is 0 Å². The lowest BCUT2D eigenvalue weighted by Crippen LogP contribution is -1.95. The van der Waals surface area contributed by atoms with Crippen molar-refractivity contribution in [1.29, 1.82) is 0 Å². The van der Waals surface area contributed by atoms with Crippen LogP contribution in [0.15, 0.2) is 18.6 Å². The van der Waals surface area contributed by atoms with Crippen molar-refractivity contribution in [1.82, 2.24) is 25.0 Å². The predicted octanol–water partition coefficient (Wildman–Crippen LogP) is 0.935. The molecule has 0 saturated carbocycles. The lowest BCUT2D eigenvalue weighted by molar-refractivity contribution is 0.719. The first-order valence-corrected chi connectivity index (χ1v) is 4.08. The van der Waals surface area contributed by atoms with Gasteiger partial charge in [-0.3, -0.25) is 0 Å². The van der Waals surface area contributed by atoms with Crippen LogP contribution >= 0.6 is 12.2 Å². The second-order valence-corrected chi connectivity index (χ2v) is 2.98. The molecule has 2 rings (SSSR count). The minimum absolute atomic E-state index is 0.610. The van der Waals surface area contributed by atoms with Gasteiger partial charge in [0.25, 0.3) is 0 Å². The van der Waals surface area contributed by atoms with Crippen LogP contribution in [0.4, 0.5) is 0 Å². The number of rotatable bonds is 1. The second kappa shape index (κ2) is 3.06. The summed E-state index contributed by atoms with van der Waals surface area (Å²) < 4.78 is 2.26. The number of hydrogen-bond acceptors (Lipinski definition) is 4. The van der Waals surface area contributed by atoms with Gasteiger partial charge in [0.1, 0.15) is 16.0 Å². The van der Waals surface area contributed by atoms with Crippen LogP contribution in [0.1, 0.15) is 0 Å². The monoisotopic (exact) mass is 193 g/mol. The number of aromatic nitrogens is 5. The predicted molar refractivity (Wildman–Crippen MR) is 49.4 cm³/mol. The summed E-state index contributed by atoms with van der Waals surface area (Å²) in [5.74, 6) is 0. The van der Waals surface area contributed by atoms with Gasteiger partial charge in [-0.25, -0.2) is 9.67 Å². The molecule has 0 aliphatic carbocycles. The van der Waals surface area contributed by atoms with Crippen molar-refractivity contribution in [3.63, 3.8) is 0 Å². The molecule has 0 spiro atoms. The van der Waals surface area contributed by atoms with Crippen molar-refractivity contribution in [2.45, 2.75) is 0 Å². The summed E-state index contributed by atoms with van der Waals surface area (Å²) in [5.41, 5.74) is 1.63. The molecule has 0 amide bonds. The lowest BCUT2D eigenvalue weighted by Gasteiger charge is -1.97. The summed E-state index contributed by atoms with van der Waals surface area (Å²) >= 11 is 4.88. The van der Waals surface area contributed by atoms with E-state index in [-0.39, 0.29) is 0 Å². The average Bonchev–Trinajstić information content (AvgIpc) is 2.53. The highest BCUT2D eigenvalue weighted by molar-refractivity contribution is 7.71. The topological polar surface area (TPSA) is 59.4 Å². The van der Waals surface area contributed by atoms with E-state index in [9.17, 15) is 0 Å². The molecule has 2 aromatic rings. The highest BCUT2D eigenvalue weighted by Gasteiger charge is 2.03. The van der Waals surface area contributed by atoms with E-state index < -0.39 is 0 Å². The Morgan fingerprint density at radius 3 is 2.85 bits per heavy atom. The molecule has 2 heterocycles. The van der Waals surface area contributed by atoms with Gasteiger partial charge in [-0.15, -0.1) is 5.10 Å². The number of nitrogens with one attached hydrogen (secondary N) is 1. The first kappa shape index (κ1) is 8.06. The molecule has 1 N–H and O–H groups in total. The lowest BCUT2D eigenvalue weighted by atomic mass is 10.3. The van der Waals surface area contributed by atoms with Crippen LogP contribution in [0, 0.1) is 4.64 Å². The molecule has 0 saturated heterocycles. The van der Waals surface area contributed by atoms with Crippen molar-refractivity contribution < 1.29 is 0 Å². The Kier molecular flexibility index (Phi) is 1.90. The fourth-order valence-corrected chi connectivity index (χ4v) is 1.12. The second-order valence-electron chi connectivity index (χ2n) is 2.54. The number of nitrogens with zero attached hydrogens (tertiary/aromatic N) is 4. The van der Waals surface area contributed by atoms with Gasteiger partial charge < -0.3 is 4.98 Å². The van der Waals surface area contributed by atoms with Gasteiger partial charge in [0, 0.05) is 13.2 Å². The molecule has 0 fully saturated rings. The zero-order valence-electron chi connectivity index (χ0n) is 6.93. The van der Waals surface area contributed by atoms with Gasteiger partial charge in [-0.2, -0.15) is 0 Å². The zero-order valence-corrected chi connectivity index (χ0v) is 7.75. The first-order chi connectivity index (χ1) is 6.27. The molecule has 13 heavy (non-hydrogen) atoms. The van der Waals surface area contributed by atoms with E-state index in [1.165, 1.54) is 0 Å². The molecule has 0 atom stereocenters. The summed E-state index contributed by atoms with van der Waals surface area (Å²) in [6.07, 6.45) is 4.98. The van der Waals surface area contributed by atoms with Crippen molar-refractivity contribution in [3.05, 3.63) is 23.2 Å². The van der Waals surface area contributed by atoms with Crippen LogP contribution < -0.4 is 0 Å². The number of aromatic amines is 1. The van der Waals surface area contributed by atoms with Crippen LogP contribution in [-0.4, -0.2) is 25.0 Å². The normalized spacial score (nSPS) is 10.2. The highest BCUT2D eigenvalue weighted by atomic mass is 32.1. The van der Waals surface area contributed by atoms with Gasteiger partial charge in [-0.1, -0.05) is 17.4 Å². The minimum Gasteiger partial charge on any atom is -0.349 e. The van der Waals surface area contributed by atoms with Crippen molar-refractivity contribution in [2.75, 3.05) is 0 Å². The van der Waals surface area contributed by atoms with E-state index in [2.05, 4.69) is 20.3 Å². The Bertz CT molecular complexity index is 451. The van der Waals surface area contributed by atoms with E-state index >= 15 is 0 Å². The van der Waals surface area contributed by atoms with Crippen molar-refractivity contribution in [2.24, 2.45) is 7.05 Å². The van der Waals surface area contributed by atoms with Crippen molar-refractivity contribution >= 4 is 12.2 Å². The van der Waals surface area contributed by atoms with E-state index in [0.29, 0.717) is 4.64 Å². The fourth-order valence-electron chi connectivity index (χ4n) is 1.00. The van der Waals surface area contributed by atoms with Gasteiger partial charge in [0.15, 0.2) is 0 Å². The van der Waals surface area contributed by atoms with E-state index in [4.69, 9.17) is 12.2 Å². The van der Waals surface area contributed by atoms with Gasteiger partial charge in [0.05, 0.1) is 12.4 Å². The molecule has 66 valence electrons. The third-order valence-electron chi connectivity index (χ3n) is 1.65. The summed E-state index contributed by atoms with van der Waals surface area (Å²) in [6.45, 7) is 0. The molecule has 6 heteroatoms. The number of H-pyrrole nitrogens is 1. The quantitative estimate of drug-likeness (QED) is 0.684. The molecule has 0 bridgehead atoms. The fraction of sp³-hybridized carbons (Fsp3) is 0.143. The maximum absolute atomic E-state index is 4.88. The maximum Gasteiger partial charge on any atom is 0.121 e. The zero-order chi connectivity index (χ0) is 9.26. The molecular weight excluding hydrogens is 186 g/mol. The SMILES string of the molecule is Cn1nncc1-c1c[nH]c(=S)cn1. The summed E-state index contributed by atoms with van der Waals surface area (Å²) in [7, 11) is 1.81. The molecule has 0 unspecified atom stereocenters. The van der Waals surface area contributed by atoms with Gasteiger partial charge in [-0.05, 0) is 0 Å². The van der Waals surface area contributed by atoms with E-state index in [0.717, 1.165) is 11.4 Å². The molecule has 2 aromatic heterocycles. The van der Waals surface area contributed by atoms with Crippen LogP contribution in [0.5, 0.6) is 0 Å². The van der Waals surface area contributed by atoms with Crippen LogP contribution in [-0.2, 0) is 7.05 Å². The molecule has 0 aromatic carbocycles.